The Bertz CT molecular complexity index is 632. The fourth-order valence-corrected chi connectivity index (χ4v) is 1.33. The fourth-order valence-electron chi connectivity index (χ4n) is 1.33. The van der Waals surface area contributed by atoms with Gasteiger partial charge in [-0.15, -0.1) is 20.4 Å². The van der Waals surface area contributed by atoms with E-state index in [0.717, 1.165) is 0 Å². The summed E-state index contributed by atoms with van der Waals surface area (Å²) in [7, 11) is 2.54. The van der Waals surface area contributed by atoms with Gasteiger partial charge in [0.05, 0.1) is 14.2 Å². The van der Waals surface area contributed by atoms with Crippen molar-refractivity contribution in [2.45, 2.75) is 12.8 Å². The average Bonchev–Trinajstić information content (AvgIpc) is 3.14. The standard InChI is InChI=1S/C10H12N8O4/c1-21-7(19)3-5-11-9(15-13-5)17-18-10-12-6(14-16-10)4-8(20)22-2/h3-4H2,1-2H3,(H,11,13,15)(H,12,14,16)/b18-17+. The second-order valence-electron chi connectivity index (χ2n) is 3.87. The largest absolute Gasteiger partial charge is 0.469 e. The van der Waals surface area contributed by atoms with Gasteiger partial charge >= 0.3 is 11.9 Å². The van der Waals surface area contributed by atoms with Crippen LogP contribution in [-0.4, -0.2) is 56.5 Å². The molecule has 0 saturated carbocycles. The number of aromatic nitrogens is 6. The van der Waals surface area contributed by atoms with Crippen LogP contribution in [0.25, 0.3) is 0 Å². The monoisotopic (exact) mass is 308 g/mol. The molecule has 0 atom stereocenters. The lowest BCUT2D eigenvalue weighted by Crippen LogP contribution is -2.05. The van der Waals surface area contributed by atoms with E-state index in [0.29, 0.717) is 11.6 Å². The summed E-state index contributed by atoms with van der Waals surface area (Å²) < 4.78 is 8.99. The van der Waals surface area contributed by atoms with Gasteiger partial charge in [0.25, 0.3) is 11.9 Å². The van der Waals surface area contributed by atoms with Crippen molar-refractivity contribution in [1.29, 1.82) is 0 Å². The summed E-state index contributed by atoms with van der Waals surface area (Å²) in [6, 6.07) is 0. The van der Waals surface area contributed by atoms with E-state index >= 15 is 0 Å². The van der Waals surface area contributed by atoms with Crippen molar-refractivity contribution in [2.24, 2.45) is 10.2 Å². The number of esters is 2. The summed E-state index contributed by atoms with van der Waals surface area (Å²) in [6.45, 7) is 0. The first kappa shape index (κ1) is 15.2. The molecule has 2 aromatic rings. The molecular weight excluding hydrogens is 296 g/mol. The number of hydrogen-bond donors (Lipinski definition) is 2. The fraction of sp³-hybridized carbons (Fsp3) is 0.400. The lowest BCUT2D eigenvalue weighted by atomic mass is 10.4. The van der Waals surface area contributed by atoms with Crippen LogP contribution in [-0.2, 0) is 31.9 Å². The second-order valence-corrected chi connectivity index (χ2v) is 3.87. The topological polar surface area (TPSA) is 160 Å². The maximum absolute atomic E-state index is 11.1. The van der Waals surface area contributed by atoms with Crippen LogP contribution < -0.4 is 0 Å². The lowest BCUT2D eigenvalue weighted by Gasteiger charge is -1.92. The number of H-pyrrole nitrogens is 2. The van der Waals surface area contributed by atoms with Gasteiger partial charge in [0, 0.05) is 0 Å². The number of nitrogens with one attached hydrogen (secondary N) is 2. The maximum atomic E-state index is 11.1. The third kappa shape index (κ3) is 4.16. The van der Waals surface area contributed by atoms with E-state index in [1.54, 1.807) is 0 Å². The van der Waals surface area contributed by atoms with Crippen molar-refractivity contribution in [1.82, 2.24) is 30.4 Å². The van der Waals surface area contributed by atoms with Crippen molar-refractivity contribution in [3.05, 3.63) is 11.6 Å². The van der Waals surface area contributed by atoms with Crippen molar-refractivity contribution >= 4 is 23.8 Å². The lowest BCUT2D eigenvalue weighted by molar-refractivity contribution is -0.140. The van der Waals surface area contributed by atoms with Gasteiger partial charge in [-0.2, -0.15) is 9.97 Å². The minimum absolute atomic E-state index is 0.0122. The minimum atomic E-state index is -0.457. The van der Waals surface area contributed by atoms with Crippen molar-refractivity contribution < 1.29 is 19.1 Å². The predicted octanol–water partition coefficient (Wildman–Crippen LogP) is -0.231. The van der Waals surface area contributed by atoms with E-state index in [4.69, 9.17) is 0 Å². The van der Waals surface area contributed by atoms with Gasteiger partial charge in [-0.3, -0.25) is 19.8 Å². The Labute approximate surface area is 123 Å². The summed E-state index contributed by atoms with van der Waals surface area (Å²) in [6.07, 6.45) is -0.105. The van der Waals surface area contributed by atoms with E-state index in [2.05, 4.69) is 50.1 Å². The number of nitrogens with zero attached hydrogens (tertiary/aromatic N) is 6. The van der Waals surface area contributed by atoms with Crippen LogP contribution in [0.5, 0.6) is 0 Å². The highest BCUT2D eigenvalue weighted by molar-refractivity contribution is 5.71. The average molecular weight is 308 g/mol. The zero-order chi connectivity index (χ0) is 15.9. The van der Waals surface area contributed by atoms with E-state index in [1.807, 2.05) is 0 Å². The van der Waals surface area contributed by atoms with Crippen LogP contribution in [0.3, 0.4) is 0 Å². The Balaban J connectivity index is 1.97. The van der Waals surface area contributed by atoms with Gasteiger partial charge in [-0.05, 0) is 0 Å². The van der Waals surface area contributed by atoms with Crippen LogP contribution in [0.1, 0.15) is 11.6 Å². The molecule has 0 spiro atoms. The molecule has 0 saturated heterocycles. The molecular formula is C10H12N8O4. The Morgan fingerprint density at radius 1 is 0.909 bits per heavy atom. The van der Waals surface area contributed by atoms with Crippen molar-refractivity contribution in [3.8, 4) is 0 Å². The molecule has 2 rings (SSSR count). The number of carbonyl (C=O) groups excluding carboxylic acids is 2. The number of ether oxygens (including phenoxy) is 2. The molecule has 2 N–H and O–H groups in total. The molecule has 0 aliphatic rings. The van der Waals surface area contributed by atoms with Gasteiger partial charge in [0.2, 0.25) is 0 Å². The normalized spacial score (nSPS) is 10.8. The van der Waals surface area contributed by atoms with Crippen molar-refractivity contribution in [2.75, 3.05) is 14.2 Å². The summed E-state index contributed by atoms with van der Waals surface area (Å²) in [4.78, 5) is 29.9. The Kier molecular flexibility index (Phi) is 4.85. The first-order valence-corrected chi connectivity index (χ1v) is 5.98. The van der Waals surface area contributed by atoms with E-state index in [1.165, 1.54) is 14.2 Å². The molecule has 0 amide bonds. The van der Waals surface area contributed by atoms with Gasteiger partial charge in [-0.25, -0.2) is 0 Å². The molecule has 2 heterocycles. The Morgan fingerprint density at radius 2 is 1.32 bits per heavy atom. The van der Waals surface area contributed by atoms with Crippen molar-refractivity contribution in [3.63, 3.8) is 0 Å². The quantitative estimate of drug-likeness (QED) is 0.546. The molecule has 12 nitrogen and oxygen atoms in total. The smallest absolute Gasteiger partial charge is 0.313 e. The molecule has 0 radical (unpaired) electrons. The number of rotatable bonds is 6. The molecule has 0 aliphatic heterocycles. The molecule has 0 aromatic carbocycles. The van der Waals surface area contributed by atoms with Gasteiger partial charge in [0.1, 0.15) is 24.5 Å². The first-order valence-electron chi connectivity index (χ1n) is 5.98. The van der Waals surface area contributed by atoms with Crippen LogP contribution >= 0.6 is 0 Å². The summed E-state index contributed by atoms with van der Waals surface area (Å²) >= 11 is 0. The first-order chi connectivity index (χ1) is 10.6. The molecule has 12 heteroatoms. The van der Waals surface area contributed by atoms with Gasteiger partial charge in [-0.1, -0.05) is 0 Å². The summed E-state index contributed by atoms with van der Waals surface area (Å²) in [5, 5.41) is 19.9. The highest BCUT2D eigenvalue weighted by atomic mass is 16.5. The highest BCUT2D eigenvalue weighted by Gasteiger charge is 2.10. The third-order valence-electron chi connectivity index (χ3n) is 2.35. The number of methoxy groups -OCH3 is 2. The molecule has 116 valence electrons. The maximum Gasteiger partial charge on any atom is 0.313 e. The number of azo groups is 1. The third-order valence-corrected chi connectivity index (χ3v) is 2.35. The van der Waals surface area contributed by atoms with Crippen LogP contribution in [0.4, 0.5) is 11.9 Å². The van der Waals surface area contributed by atoms with E-state index in [9.17, 15) is 9.59 Å². The zero-order valence-corrected chi connectivity index (χ0v) is 11.7. The number of hydrogen-bond acceptors (Lipinski definition) is 10. The van der Waals surface area contributed by atoms with E-state index < -0.39 is 11.9 Å². The number of carbonyl (C=O) groups is 2. The van der Waals surface area contributed by atoms with Crippen LogP contribution in [0, 0.1) is 0 Å². The SMILES string of the molecule is COC(=O)Cc1nc(/N=N/c2n[nH]c(CC(=O)OC)n2)n[nH]1. The number of aromatic amines is 2. The van der Waals surface area contributed by atoms with Gasteiger partial charge in [0.15, 0.2) is 0 Å². The molecule has 22 heavy (non-hydrogen) atoms. The zero-order valence-electron chi connectivity index (χ0n) is 11.7. The molecule has 0 fully saturated rings. The Morgan fingerprint density at radius 3 is 1.68 bits per heavy atom. The predicted molar refractivity (Wildman–Crippen MR) is 68.4 cm³/mol. The molecule has 2 aromatic heterocycles. The Hall–Kier alpha value is -3.18. The second kappa shape index (κ2) is 7.01. The van der Waals surface area contributed by atoms with Crippen LogP contribution in [0.15, 0.2) is 10.2 Å². The molecule has 0 aliphatic carbocycles. The minimum Gasteiger partial charge on any atom is -0.469 e. The molecule has 0 unspecified atom stereocenters. The molecule has 0 bridgehead atoms. The van der Waals surface area contributed by atoms with Gasteiger partial charge < -0.3 is 9.47 Å². The van der Waals surface area contributed by atoms with E-state index in [-0.39, 0.29) is 24.7 Å². The summed E-state index contributed by atoms with van der Waals surface area (Å²) in [5.41, 5.74) is 0. The highest BCUT2D eigenvalue weighted by Crippen LogP contribution is 2.10. The summed E-state index contributed by atoms with van der Waals surface area (Å²) in [5.74, 6) is -0.303. The van der Waals surface area contributed by atoms with Crippen LogP contribution in [0.2, 0.25) is 0 Å².